The van der Waals surface area contributed by atoms with Gasteiger partial charge in [0.15, 0.2) is 0 Å². The second kappa shape index (κ2) is 38.9. The van der Waals surface area contributed by atoms with Crippen molar-refractivity contribution in [1.82, 2.24) is 0 Å². The molecule has 0 rings (SSSR count). The summed E-state index contributed by atoms with van der Waals surface area (Å²) in [4.78, 5) is 10.8. The van der Waals surface area contributed by atoms with Gasteiger partial charge in [-0.3, -0.25) is 0 Å². The van der Waals surface area contributed by atoms with Gasteiger partial charge >= 0.3 is 0 Å². The second-order valence-corrected chi connectivity index (χ2v) is 13.0. The van der Waals surface area contributed by atoms with Crippen LogP contribution in [0, 0.1) is 0 Å². The third-order valence-corrected chi connectivity index (χ3v) is 8.75. The first-order valence-electron chi connectivity index (χ1n) is 19.2. The topological polar surface area (TPSA) is 18.5 Å². The standard InChI is InChI=1S/C38H78O2/c1-3-5-7-9-11-13-15-17-19-21-22-24-26-28-30-32-34-36-38-40-39-37-35-33-31-29-27-25-23-20-18-16-14-12-10-8-6-4-2/h3-38H2,1-2H3. The van der Waals surface area contributed by atoms with Gasteiger partial charge in [0.25, 0.3) is 0 Å². The lowest BCUT2D eigenvalue weighted by atomic mass is 10.0. The van der Waals surface area contributed by atoms with Crippen LogP contribution in [0.5, 0.6) is 0 Å². The smallest absolute Gasteiger partial charge is 0.0822 e. The highest BCUT2D eigenvalue weighted by Crippen LogP contribution is 2.15. The average molecular weight is 567 g/mol. The fourth-order valence-electron chi connectivity index (χ4n) is 5.89. The van der Waals surface area contributed by atoms with Gasteiger partial charge in [-0.15, -0.1) is 0 Å². The fourth-order valence-corrected chi connectivity index (χ4v) is 5.89. The summed E-state index contributed by atoms with van der Waals surface area (Å²) in [6.45, 7) is 6.15. The molecule has 0 aliphatic heterocycles. The maximum Gasteiger partial charge on any atom is 0.0822 e. The minimum absolute atomic E-state index is 0.775. The molecule has 0 saturated carbocycles. The molecule has 0 aliphatic carbocycles. The lowest BCUT2D eigenvalue weighted by Crippen LogP contribution is -1.99. The Kier molecular flexibility index (Phi) is 38.8. The summed E-state index contributed by atoms with van der Waals surface area (Å²) in [6, 6.07) is 0. The van der Waals surface area contributed by atoms with Gasteiger partial charge < -0.3 is 0 Å². The van der Waals surface area contributed by atoms with E-state index in [1.54, 1.807) is 0 Å². The fraction of sp³-hybridized carbons (Fsp3) is 1.00. The van der Waals surface area contributed by atoms with E-state index in [0.717, 1.165) is 26.1 Å². The van der Waals surface area contributed by atoms with Crippen LogP contribution in [0.2, 0.25) is 0 Å². The number of unbranched alkanes of at least 4 members (excludes halogenated alkanes) is 32. The Morgan fingerprint density at radius 2 is 0.350 bits per heavy atom. The van der Waals surface area contributed by atoms with Crippen molar-refractivity contribution in [2.75, 3.05) is 13.2 Å². The van der Waals surface area contributed by atoms with Crippen LogP contribution in [0.3, 0.4) is 0 Å². The summed E-state index contributed by atoms with van der Waals surface area (Å²) in [6.07, 6.45) is 48.1. The lowest BCUT2D eigenvalue weighted by Gasteiger charge is -2.05. The highest BCUT2D eigenvalue weighted by molar-refractivity contribution is 4.51. The van der Waals surface area contributed by atoms with Gasteiger partial charge in [-0.05, 0) is 12.8 Å². The zero-order chi connectivity index (χ0) is 28.9. The van der Waals surface area contributed by atoms with Gasteiger partial charge in [-0.25, -0.2) is 9.78 Å². The lowest BCUT2D eigenvalue weighted by molar-refractivity contribution is -0.295. The van der Waals surface area contributed by atoms with Crippen molar-refractivity contribution in [3.8, 4) is 0 Å². The molecule has 0 amide bonds. The summed E-state index contributed by atoms with van der Waals surface area (Å²) >= 11 is 0. The zero-order valence-electron chi connectivity index (χ0n) is 28.3. The third-order valence-electron chi connectivity index (χ3n) is 8.75. The van der Waals surface area contributed by atoms with Gasteiger partial charge in [0, 0.05) is 0 Å². The first-order valence-corrected chi connectivity index (χ1v) is 19.2. The molecule has 0 aromatic carbocycles. The molecule has 0 aromatic rings. The summed E-state index contributed by atoms with van der Waals surface area (Å²) < 4.78 is 0. The molecule has 0 atom stereocenters. The Balaban J connectivity index is 3.01. The minimum Gasteiger partial charge on any atom is -0.237 e. The van der Waals surface area contributed by atoms with E-state index in [1.807, 2.05) is 0 Å². The van der Waals surface area contributed by atoms with Crippen LogP contribution in [0.4, 0.5) is 0 Å². The predicted octanol–water partition coefficient (Wildman–Crippen LogP) is 14.2. The van der Waals surface area contributed by atoms with E-state index in [4.69, 9.17) is 9.78 Å². The average Bonchev–Trinajstić information content (AvgIpc) is 2.97. The van der Waals surface area contributed by atoms with E-state index in [1.165, 1.54) is 205 Å². The molecule has 0 heterocycles. The summed E-state index contributed by atoms with van der Waals surface area (Å²) in [5.41, 5.74) is 0. The maximum absolute atomic E-state index is 5.39. The Hall–Kier alpha value is -0.0800. The molecule has 2 nitrogen and oxygen atoms in total. The van der Waals surface area contributed by atoms with Crippen LogP contribution in [-0.2, 0) is 9.78 Å². The third kappa shape index (κ3) is 37.9. The van der Waals surface area contributed by atoms with E-state index in [9.17, 15) is 0 Å². The van der Waals surface area contributed by atoms with Gasteiger partial charge in [-0.1, -0.05) is 219 Å². The van der Waals surface area contributed by atoms with Crippen molar-refractivity contribution in [3.05, 3.63) is 0 Å². The van der Waals surface area contributed by atoms with Crippen LogP contribution in [0.15, 0.2) is 0 Å². The van der Waals surface area contributed by atoms with Crippen LogP contribution in [0.1, 0.15) is 232 Å². The Bertz CT molecular complexity index is 372. The molecule has 2 heteroatoms. The molecular formula is C38H78O2. The van der Waals surface area contributed by atoms with Crippen molar-refractivity contribution in [3.63, 3.8) is 0 Å². The van der Waals surface area contributed by atoms with Crippen LogP contribution in [-0.4, -0.2) is 13.2 Å². The van der Waals surface area contributed by atoms with Crippen LogP contribution in [0.25, 0.3) is 0 Å². The Labute approximate surface area is 254 Å². The largest absolute Gasteiger partial charge is 0.237 e. The van der Waals surface area contributed by atoms with E-state index in [2.05, 4.69) is 13.8 Å². The minimum atomic E-state index is 0.775. The number of hydrogen-bond acceptors (Lipinski definition) is 2. The van der Waals surface area contributed by atoms with E-state index >= 15 is 0 Å². The first kappa shape index (κ1) is 39.9. The SMILES string of the molecule is CCCCCCCCCCCCCCCCCCCCOOCCCCCCCCCCCCCCCCCC. The number of rotatable bonds is 37. The second-order valence-electron chi connectivity index (χ2n) is 13.0. The van der Waals surface area contributed by atoms with Crippen molar-refractivity contribution in [2.24, 2.45) is 0 Å². The molecule has 0 aromatic heterocycles. The summed E-state index contributed by atoms with van der Waals surface area (Å²) in [5.74, 6) is 0. The van der Waals surface area contributed by atoms with Crippen molar-refractivity contribution in [1.29, 1.82) is 0 Å². The molecule has 40 heavy (non-hydrogen) atoms. The molecule has 0 bridgehead atoms. The van der Waals surface area contributed by atoms with Crippen molar-refractivity contribution in [2.45, 2.75) is 232 Å². The number of hydrogen-bond donors (Lipinski definition) is 0. The molecule has 0 saturated heterocycles. The van der Waals surface area contributed by atoms with Gasteiger partial charge in [0.2, 0.25) is 0 Å². The normalized spacial score (nSPS) is 11.6. The summed E-state index contributed by atoms with van der Waals surface area (Å²) in [5, 5.41) is 0. The van der Waals surface area contributed by atoms with E-state index in [0.29, 0.717) is 0 Å². The molecule has 242 valence electrons. The molecule has 0 radical (unpaired) electrons. The Morgan fingerprint density at radius 3 is 0.525 bits per heavy atom. The highest BCUT2D eigenvalue weighted by Gasteiger charge is 1.97. The van der Waals surface area contributed by atoms with Gasteiger partial charge in [0.1, 0.15) is 0 Å². The van der Waals surface area contributed by atoms with E-state index in [-0.39, 0.29) is 0 Å². The quantitative estimate of drug-likeness (QED) is 0.0423. The van der Waals surface area contributed by atoms with E-state index < -0.39 is 0 Å². The molecule has 0 N–H and O–H groups in total. The molecular weight excluding hydrogens is 488 g/mol. The molecule has 0 spiro atoms. The van der Waals surface area contributed by atoms with Gasteiger partial charge in [0.05, 0.1) is 13.2 Å². The highest BCUT2D eigenvalue weighted by atomic mass is 17.2. The van der Waals surface area contributed by atoms with Crippen LogP contribution < -0.4 is 0 Å². The van der Waals surface area contributed by atoms with Crippen molar-refractivity contribution < 1.29 is 9.78 Å². The maximum atomic E-state index is 5.39. The first-order chi connectivity index (χ1) is 19.9. The van der Waals surface area contributed by atoms with Gasteiger partial charge in [-0.2, -0.15) is 0 Å². The summed E-state index contributed by atoms with van der Waals surface area (Å²) in [7, 11) is 0. The Morgan fingerprint density at radius 1 is 0.200 bits per heavy atom. The molecule has 0 fully saturated rings. The molecule has 0 unspecified atom stereocenters. The predicted molar refractivity (Wildman–Crippen MR) is 180 cm³/mol. The monoisotopic (exact) mass is 567 g/mol. The van der Waals surface area contributed by atoms with Crippen LogP contribution >= 0.6 is 0 Å². The van der Waals surface area contributed by atoms with Crippen molar-refractivity contribution >= 4 is 0 Å². The zero-order valence-corrected chi connectivity index (χ0v) is 28.3. The molecule has 0 aliphatic rings.